The first kappa shape index (κ1) is 15.8. The van der Waals surface area contributed by atoms with E-state index in [0.29, 0.717) is 5.69 Å². The lowest BCUT2D eigenvalue weighted by Crippen LogP contribution is -2.14. The molecule has 0 fully saturated rings. The van der Waals surface area contributed by atoms with Gasteiger partial charge in [0.1, 0.15) is 4.90 Å². The van der Waals surface area contributed by atoms with E-state index in [9.17, 15) is 13.2 Å². The van der Waals surface area contributed by atoms with E-state index in [0.717, 1.165) is 10.5 Å². The first-order valence-corrected chi connectivity index (χ1v) is 8.26. The van der Waals surface area contributed by atoms with E-state index in [4.69, 9.17) is 16.7 Å². The van der Waals surface area contributed by atoms with Gasteiger partial charge in [0.25, 0.3) is 10.0 Å². The number of nitrogens with one attached hydrogen (secondary N) is 1. The summed E-state index contributed by atoms with van der Waals surface area (Å²) >= 11 is 9.10. The van der Waals surface area contributed by atoms with Gasteiger partial charge in [-0.25, -0.2) is 13.2 Å². The number of hydrogen-bond acceptors (Lipinski definition) is 3. The van der Waals surface area contributed by atoms with Gasteiger partial charge in [0, 0.05) is 10.2 Å². The number of sulfonamides is 1. The molecule has 0 bridgehead atoms. The molecule has 5 nitrogen and oxygen atoms in total. The van der Waals surface area contributed by atoms with Gasteiger partial charge in [-0.3, -0.25) is 4.72 Å². The lowest BCUT2D eigenvalue weighted by molar-refractivity contribution is 0.0696. The van der Waals surface area contributed by atoms with Crippen LogP contribution in [0.15, 0.2) is 51.8 Å². The average molecular weight is 391 g/mol. The minimum atomic E-state index is -3.97. The Bertz CT molecular complexity index is 790. The van der Waals surface area contributed by atoms with Crippen molar-refractivity contribution < 1.29 is 18.3 Å². The van der Waals surface area contributed by atoms with Gasteiger partial charge in [-0.2, -0.15) is 0 Å². The van der Waals surface area contributed by atoms with Gasteiger partial charge in [0.2, 0.25) is 0 Å². The van der Waals surface area contributed by atoms with Crippen LogP contribution in [-0.2, 0) is 10.0 Å². The Hall–Kier alpha value is -1.57. The second-order valence-electron chi connectivity index (χ2n) is 4.06. The molecule has 2 rings (SSSR count). The molecule has 0 atom stereocenters. The van der Waals surface area contributed by atoms with Crippen LogP contribution in [0.4, 0.5) is 5.69 Å². The highest BCUT2D eigenvalue weighted by atomic mass is 79.9. The highest BCUT2D eigenvalue weighted by Crippen LogP contribution is 2.25. The Morgan fingerprint density at radius 3 is 2.33 bits per heavy atom. The zero-order valence-corrected chi connectivity index (χ0v) is 13.5. The molecule has 0 aromatic heterocycles. The molecular weight excluding hydrogens is 382 g/mol. The van der Waals surface area contributed by atoms with Gasteiger partial charge in [-0.15, -0.1) is 0 Å². The van der Waals surface area contributed by atoms with E-state index in [1.54, 1.807) is 24.3 Å². The van der Waals surface area contributed by atoms with Crippen LogP contribution in [-0.4, -0.2) is 19.5 Å². The summed E-state index contributed by atoms with van der Waals surface area (Å²) in [7, 11) is -3.97. The summed E-state index contributed by atoms with van der Waals surface area (Å²) in [5, 5.41) is 8.87. The Kier molecular flexibility index (Phi) is 4.55. The first-order chi connectivity index (χ1) is 9.79. The van der Waals surface area contributed by atoms with Crippen LogP contribution < -0.4 is 4.72 Å². The lowest BCUT2D eigenvalue weighted by atomic mass is 10.2. The molecule has 0 saturated carbocycles. The standard InChI is InChI=1S/C13H9BrClNO4S/c14-9-2-4-10(5-3-9)16-21(19,20)12-7-8(13(17)18)1-6-11(12)15/h1-7,16H,(H,17,18). The third kappa shape index (κ3) is 3.75. The van der Waals surface area contributed by atoms with Crippen molar-refractivity contribution in [1.29, 1.82) is 0 Å². The maximum atomic E-state index is 12.3. The van der Waals surface area contributed by atoms with Crippen LogP contribution in [0.1, 0.15) is 10.4 Å². The molecule has 0 radical (unpaired) electrons. The first-order valence-electron chi connectivity index (χ1n) is 5.61. The molecule has 2 N–H and O–H groups in total. The molecule has 0 unspecified atom stereocenters. The molecule has 2 aromatic rings. The number of hydrogen-bond donors (Lipinski definition) is 2. The summed E-state index contributed by atoms with van der Waals surface area (Å²) in [6, 6.07) is 9.98. The number of aromatic carboxylic acids is 1. The normalized spacial score (nSPS) is 11.1. The summed E-state index contributed by atoms with van der Waals surface area (Å²) in [6.45, 7) is 0. The number of anilines is 1. The SMILES string of the molecule is O=C(O)c1ccc(Cl)c(S(=O)(=O)Nc2ccc(Br)cc2)c1. The monoisotopic (exact) mass is 389 g/mol. The third-order valence-electron chi connectivity index (χ3n) is 2.56. The minimum Gasteiger partial charge on any atom is -0.478 e. The van der Waals surface area contributed by atoms with Gasteiger partial charge in [-0.05, 0) is 42.5 Å². The minimum absolute atomic E-state index is 0.0513. The van der Waals surface area contributed by atoms with Crippen molar-refractivity contribution in [3.8, 4) is 0 Å². The van der Waals surface area contributed by atoms with Gasteiger partial charge in [0.05, 0.1) is 10.6 Å². The third-order valence-corrected chi connectivity index (χ3v) is 4.96. The van der Waals surface area contributed by atoms with Crippen molar-refractivity contribution in [2.24, 2.45) is 0 Å². The fraction of sp³-hybridized carbons (Fsp3) is 0. The van der Waals surface area contributed by atoms with E-state index in [1.165, 1.54) is 12.1 Å². The number of benzene rings is 2. The summed E-state index contributed by atoms with van der Waals surface area (Å²) < 4.78 is 27.7. The maximum absolute atomic E-state index is 12.3. The Balaban J connectivity index is 2.41. The van der Waals surface area contributed by atoms with Gasteiger partial charge in [0.15, 0.2) is 0 Å². The number of rotatable bonds is 4. The largest absolute Gasteiger partial charge is 0.478 e. The fourth-order valence-electron chi connectivity index (χ4n) is 1.57. The Morgan fingerprint density at radius 2 is 1.76 bits per heavy atom. The van der Waals surface area contributed by atoms with Gasteiger partial charge < -0.3 is 5.11 Å². The predicted molar refractivity (Wildman–Crippen MR) is 83.4 cm³/mol. The molecular formula is C13H9BrClNO4S. The van der Waals surface area contributed by atoms with E-state index in [1.807, 2.05) is 0 Å². The fourth-order valence-corrected chi connectivity index (χ4v) is 3.42. The summed E-state index contributed by atoms with van der Waals surface area (Å²) in [5.74, 6) is -1.23. The second kappa shape index (κ2) is 6.05. The van der Waals surface area contributed by atoms with E-state index in [-0.39, 0.29) is 15.5 Å². The van der Waals surface area contributed by atoms with Crippen LogP contribution in [0.2, 0.25) is 5.02 Å². The molecule has 0 amide bonds. The maximum Gasteiger partial charge on any atom is 0.335 e. The van der Waals surface area contributed by atoms with Gasteiger partial charge in [-0.1, -0.05) is 27.5 Å². The highest BCUT2D eigenvalue weighted by Gasteiger charge is 2.20. The molecule has 0 aliphatic carbocycles. The molecule has 21 heavy (non-hydrogen) atoms. The van der Waals surface area contributed by atoms with Crippen LogP contribution in [0, 0.1) is 0 Å². The molecule has 0 saturated heterocycles. The molecule has 0 aliphatic heterocycles. The predicted octanol–water partition coefficient (Wildman–Crippen LogP) is 3.60. The van der Waals surface area contributed by atoms with Gasteiger partial charge >= 0.3 is 5.97 Å². The summed E-state index contributed by atoms with van der Waals surface area (Å²) in [6.07, 6.45) is 0. The molecule has 0 aliphatic rings. The molecule has 8 heteroatoms. The summed E-state index contributed by atoms with van der Waals surface area (Å²) in [5.41, 5.74) is 0.186. The lowest BCUT2D eigenvalue weighted by Gasteiger charge is -2.10. The van der Waals surface area contributed by atoms with Crippen LogP contribution in [0.25, 0.3) is 0 Å². The topological polar surface area (TPSA) is 83.5 Å². The number of carboxylic acid groups (broad SMARTS) is 1. The van der Waals surface area contributed by atoms with E-state index in [2.05, 4.69) is 20.7 Å². The summed E-state index contributed by atoms with van der Waals surface area (Å²) in [4.78, 5) is 10.6. The average Bonchev–Trinajstić information content (AvgIpc) is 2.41. The van der Waals surface area contributed by atoms with Crippen molar-refractivity contribution in [2.45, 2.75) is 4.90 Å². The van der Waals surface area contributed by atoms with E-state index >= 15 is 0 Å². The smallest absolute Gasteiger partial charge is 0.335 e. The van der Waals surface area contributed by atoms with Crippen molar-refractivity contribution in [3.05, 3.63) is 57.5 Å². The molecule has 0 heterocycles. The highest BCUT2D eigenvalue weighted by molar-refractivity contribution is 9.10. The van der Waals surface area contributed by atoms with Crippen LogP contribution >= 0.6 is 27.5 Å². The van der Waals surface area contributed by atoms with Crippen molar-refractivity contribution >= 4 is 49.2 Å². The second-order valence-corrected chi connectivity index (χ2v) is 7.04. The van der Waals surface area contributed by atoms with Crippen LogP contribution in [0.5, 0.6) is 0 Å². The van der Waals surface area contributed by atoms with Crippen LogP contribution in [0.3, 0.4) is 0 Å². The van der Waals surface area contributed by atoms with Crippen molar-refractivity contribution in [2.75, 3.05) is 4.72 Å². The molecule has 110 valence electrons. The molecule has 0 spiro atoms. The zero-order chi connectivity index (χ0) is 15.6. The van der Waals surface area contributed by atoms with Crippen molar-refractivity contribution in [3.63, 3.8) is 0 Å². The molecule has 2 aromatic carbocycles. The Labute approximate surface area is 134 Å². The zero-order valence-electron chi connectivity index (χ0n) is 10.4. The van der Waals surface area contributed by atoms with Crippen molar-refractivity contribution in [1.82, 2.24) is 0 Å². The number of carboxylic acids is 1. The Morgan fingerprint density at radius 1 is 1.14 bits per heavy atom. The number of carbonyl (C=O) groups is 1. The number of halogens is 2. The van der Waals surface area contributed by atoms with E-state index < -0.39 is 16.0 Å². The quantitative estimate of drug-likeness (QED) is 0.835.